The van der Waals surface area contributed by atoms with Crippen molar-refractivity contribution in [3.05, 3.63) is 48.6 Å². The van der Waals surface area contributed by atoms with E-state index >= 15 is 0 Å². The standard InChI is InChI=1S/C51H90NO11P/c1-6-8-10-11-12-13-14-15-16-17-18-19-20-21-22-23-24-25-26-31-35-50(56)60-42-45(43-62-64(58,59)61-40-39-52(3,4)5)63-51(57)36-32-28-27-30-34-46-47(49(55)41-48(46)54)38-37-44(53)33-29-9-7-2/h13-14,16-17,19-20,37-38,44-47,49,53,55H,6-12,15,18,21-36,39-43H2,1-5H3/b14-13-,17-16-,20-19-,38-37+/t44-,45+,46+,47+,49+/m0/s1. The minimum Gasteiger partial charge on any atom is -0.756 e. The van der Waals surface area contributed by atoms with Crippen LogP contribution in [0.1, 0.15) is 181 Å². The summed E-state index contributed by atoms with van der Waals surface area (Å²) in [6, 6.07) is 0. The molecule has 2 N–H and O–H groups in total. The third kappa shape index (κ3) is 34.0. The number of ether oxygens (including phenoxy) is 2. The molecule has 12 nitrogen and oxygen atoms in total. The average Bonchev–Trinajstić information content (AvgIpc) is 3.51. The molecule has 0 amide bonds. The number of hydrogen-bond acceptors (Lipinski definition) is 11. The molecule has 0 heterocycles. The van der Waals surface area contributed by atoms with Crippen LogP contribution in [0.4, 0.5) is 0 Å². The summed E-state index contributed by atoms with van der Waals surface area (Å²) in [5.41, 5.74) is 0. The number of aliphatic hydroxyl groups excluding tert-OH is 2. The Balaban J connectivity index is 2.42. The Morgan fingerprint density at radius 1 is 0.750 bits per heavy atom. The smallest absolute Gasteiger partial charge is 0.306 e. The topological polar surface area (TPSA) is 169 Å². The fraction of sp³-hybridized carbons (Fsp3) is 0.784. The number of likely N-dealkylation sites (N-methyl/N-ethyl adjacent to an activating group) is 1. The molecule has 0 saturated heterocycles. The average molecular weight is 924 g/mol. The number of ketones is 1. The molecular weight excluding hydrogens is 834 g/mol. The monoisotopic (exact) mass is 924 g/mol. The zero-order valence-electron chi connectivity index (χ0n) is 40.7. The molecule has 1 unspecified atom stereocenters. The van der Waals surface area contributed by atoms with E-state index in [9.17, 15) is 34.1 Å². The number of aliphatic hydroxyl groups is 2. The second-order valence-corrected chi connectivity index (χ2v) is 20.0. The van der Waals surface area contributed by atoms with E-state index < -0.39 is 44.7 Å². The number of carbonyl (C=O) groups is 3. The van der Waals surface area contributed by atoms with Crippen LogP contribution in [-0.4, -0.2) is 98.2 Å². The van der Waals surface area contributed by atoms with Gasteiger partial charge in [0.05, 0.1) is 40.0 Å². The Kier molecular flexibility index (Phi) is 35.0. The van der Waals surface area contributed by atoms with Gasteiger partial charge in [-0.3, -0.25) is 18.9 Å². The molecule has 13 heteroatoms. The summed E-state index contributed by atoms with van der Waals surface area (Å²) in [7, 11) is 1.01. The summed E-state index contributed by atoms with van der Waals surface area (Å²) in [4.78, 5) is 50.5. The molecule has 0 aromatic heterocycles. The number of phosphoric ester groups is 1. The van der Waals surface area contributed by atoms with E-state index in [-0.39, 0.29) is 50.1 Å². The molecule has 0 aliphatic heterocycles. The Morgan fingerprint density at radius 2 is 1.30 bits per heavy atom. The molecule has 1 saturated carbocycles. The maximum Gasteiger partial charge on any atom is 0.306 e. The number of Topliss-reactive ketones (excluding diaryl/α,β-unsaturated/α-hetero) is 1. The van der Waals surface area contributed by atoms with Crippen molar-refractivity contribution < 1.29 is 57.1 Å². The van der Waals surface area contributed by atoms with E-state index in [0.717, 1.165) is 83.5 Å². The van der Waals surface area contributed by atoms with Gasteiger partial charge >= 0.3 is 11.9 Å². The summed E-state index contributed by atoms with van der Waals surface area (Å²) < 4.78 is 34.0. The highest BCUT2D eigenvalue weighted by Crippen LogP contribution is 2.38. The molecule has 0 spiro atoms. The second-order valence-electron chi connectivity index (χ2n) is 18.6. The predicted molar refractivity (Wildman–Crippen MR) is 255 cm³/mol. The van der Waals surface area contributed by atoms with E-state index in [1.165, 1.54) is 32.1 Å². The zero-order valence-corrected chi connectivity index (χ0v) is 41.6. The fourth-order valence-corrected chi connectivity index (χ4v) is 8.23. The van der Waals surface area contributed by atoms with Gasteiger partial charge in [0.1, 0.15) is 25.5 Å². The molecular formula is C51H90NO11P. The lowest BCUT2D eigenvalue weighted by Crippen LogP contribution is -2.37. The lowest BCUT2D eigenvalue weighted by molar-refractivity contribution is -0.870. The van der Waals surface area contributed by atoms with Crippen molar-refractivity contribution in [1.82, 2.24) is 0 Å². The number of esters is 2. The molecule has 0 aromatic carbocycles. The Bertz CT molecular complexity index is 1390. The van der Waals surface area contributed by atoms with Crippen LogP contribution < -0.4 is 4.89 Å². The highest BCUT2D eigenvalue weighted by molar-refractivity contribution is 7.45. The Hall–Kier alpha value is -2.44. The molecule has 1 aliphatic carbocycles. The van der Waals surface area contributed by atoms with Gasteiger partial charge in [0, 0.05) is 31.1 Å². The third-order valence-electron chi connectivity index (χ3n) is 11.5. The molecule has 0 aromatic rings. The van der Waals surface area contributed by atoms with Gasteiger partial charge in [0.15, 0.2) is 6.10 Å². The molecule has 0 radical (unpaired) electrons. The number of unbranched alkanes of at least 4 members (excludes halogenated alkanes) is 15. The second kappa shape index (κ2) is 37.6. The molecule has 64 heavy (non-hydrogen) atoms. The SMILES string of the molecule is CCCCCC/C=C\C/C=C\C/C=C\CCCCCCCCC(=O)OC[C@H](COP(=O)([O-])OCC[N+](C)(C)C)OC(=O)CCCCCC[C@H]1C(=O)C[C@@H](O)[C@@H]1/C=C/[C@@H](O)CCCCC. The highest BCUT2D eigenvalue weighted by Gasteiger charge is 2.39. The number of allylic oxidation sites excluding steroid dienone is 6. The fourth-order valence-electron chi connectivity index (χ4n) is 7.50. The van der Waals surface area contributed by atoms with Gasteiger partial charge in [-0.05, 0) is 64.2 Å². The van der Waals surface area contributed by atoms with Gasteiger partial charge in [-0.25, -0.2) is 0 Å². The first-order chi connectivity index (χ1) is 30.7. The van der Waals surface area contributed by atoms with Gasteiger partial charge in [-0.15, -0.1) is 0 Å². The summed E-state index contributed by atoms with van der Waals surface area (Å²) in [5, 5.41) is 20.8. The van der Waals surface area contributed by atoms with Gasteiger partial charge in [-0.2, -0.15) is 0 Å². The van der Waals surface area contributed by atoms with Crippen LogP contribution in [0, 0.1) is 11.8 Å². The largest absolute Gasteiger partial charge is 0.756 e. The summed E-state index contributed by atoms with van der Waals surface area (Å²) in [5.74, 6) is -1.57. The summed E-state index contributed by atoms with van der Waals surface area (Å²) >= 11 is 0. The zero-order chi connectivity index (χ0) is 47.3. The first-order valence-corrected chi connectivity index (χ1v) is 26.4. The molecule has 0 bridgehead atoms. The van der Waals surface area contributed by atoms with Gasteiger partial charge in [-0.1, -0.05) is 146 Å². The van der Waals surface area contributed by atoms with Crippen molar-refractivity contribution in [3.8, 4) is 0 Å². The number of carbonyl (C=O) groups excluding carboxylic acids is 3. The quantitative estimate of drug-likeness (QED) is 0.0197. The Labute approximate surface area is 388 Å². The van der Waals surface area contributed by atoms with E-state index in [4.69, 9.17) is 18.5 Å². The van der Waals surface area contributed by atoms with Crippen LogP contribution in [0.25, 0.3) is 0 Å². The number of rotatable bonds is 41. The van der Waals surface area contributed by atoms with Gasteiger partial charge < -0.3 is 38.1 Å². The number of nitrogens with zero attached hydrogens (tertiary/aromatic N) is 1. The van der Waals surface area contributed by atoms with Crippen LogP contribution in [-0.2, 0) is 37.5 Å². The van der Waals surface area contributed by atoms with Crippen LogP contribution in [0.2, 0.25) is 0 Å². The van der Waals surface area contributed by atoms with Crippen molar-refractivity contribution in [2.75, 3.05) is 47.5 Å². The molecule has 6 atom stereocenters. The third-order valence-corrected chi connectivity index (χ3v) is 12.4. The lowest BCUT2D eigenvalue weighted by atomic mass is 9.88. The van der Waals surface area contributed by atoms with Crippen LogP contribution >= 0.6 is 7.82 Å². The summed E-state index contributed by atoms with van der Waals surface area (Å²) in [6.07, 6.45) is 37.4. The van der Waals surface area contributed by atoms with Crippen LogP contribution in [0.5, 0.6) is 0 Å². The van der Waals surface area contributed by atoms with Crippen molar-refractivity contribution in [3.63, 3.8) is 0 Å². The maximum absolute atomic E-state index is 12.8. The van der Waals surface area contributed by atoms with Gasteiger partial charge in [0.2, 0.25) is 0 Å². The van der Waals surface area contributed by atoms with Crippen molar-refractivity contribution >= 4 is 25.5 Å². The van der Waals surface area contributed by atoms with Crippen LogP contribution in [0.15, 0.2) is 48.6 Å². The highest BCUT2D eigenvalue weighted by atomic mass is 31.2. The first kappa shape index (κ1) is 59.6. The minimum absolute atomic E-state index is 0.0394. The normalized spacial score (nSPS) is 19.1. The number of hydrogen-bond donors (Lipinski definition) is 2. The molecule has 370 valence electrons. The lowest BCUT2D eigenvalue weighted by Gasteiger charge is -2.28. The molecule has 1 rings (SSSR count). The van der Waals surface area contributed by atoms with Crippen LogP contribution in [0.3, 0.4) is 0 Å². The Morgan fingerprint density at radius 3 is 1.92 bits per heavy atom. The first-order valence-electron chi connectivity index (χ1n) is 24.9. The van der Waals surface area contributed by atoms with E-state index in [1.807, 2.05) is 27.2 Å². The van der Waals surface area contributed by atoms with E-state index in [1.54, 1.807) is 6.08 Å². The van der Waals surface area contributed by atoms with E-state index in [2.05, 4.69) is 50.3 Å². The minimum atomic E-state index is -4.70. The summed E-state index contributed by atoms with van der Waals surface area (Å²) in [6.45, 7) is 3.82. The maximum atomic E-state index is 12.8. The van der Waals surface area contributed by atoms with Gasteiger partial charge in [0.25, 0.3) is 7.82 Å². The predicted octanol–water partition coefficient (Wildman–Crippen LogP) is 10.6. The van der Waals surface area contributed by atoms with Crippen molar-refractivity contribution in [2.45, 2.75) is 199 Å². The van der Waals surface area contributed by atoms with E-state index in [0.29, 0.717) is 43.1 Å². The number of phosphoric acid groups is 1. The molecule has 1 aliphatic rings. The molecule has 1 fully saturated rings. The van der Waals surface area contributed by atoms with Crippen molar-refractivity contribution in [2.24, 2.45) is 11.8 Å². The number of quaternary nitrogens is 1. The van der Waals surface area contributed by atoms with Crippen molar-refractivity contribution in [1.29, 1.82) is 0 Å².